The number of benzene rings is 1. The van der Waals surface area contributed by atoms with E-state index >= 15 is 0 Å². The lowest BCUT2D eigenvalue weighted by molar-refractivity contribution is 0.291. The second kappa shape index (κ2) is 8.62. The van der Waals surface area contributed by atoms with Crippen molar-refractivity contribution < 1.29 is 9.13 Å². The van der Waals surface area contributed by atoms with E-state index in [-0.39, 0.29) is 11.6 Å². The molecule has 0 aliphatic rings. The summed E-state index contributed by atoms with van der Waals surface area (Å²) >= 11 is 1.44. The summed E-state index contributed by atoms with van der Waals surface area (Å²) in [6, 6.07) is 8.44. The van der Waals surface area contributed by atoms with Gasteiger partial charge in [0.05, 0.1) is 12.3 Å². The normalized spacial score (nSPS) is 10.7. The summed E-state index contributed by atoms with van der Waals surface area (Å²) in [5.41, 5.74) is 7.89. The Balaban J connectivity index is 1.64. The molecule has 0 saturated carbocycles. The highest BCUT2D eigenvalue weighted by Gasteiger charge is 2.08. The van der Waals surface area contributed by atoms with Gasteiger partial charge in [-0.05, 0) is 30.7 Å². The summed E-state index contributed by atoms with van der Waals surface area (Å²) in [4.78, 5) is 8.57. The Morgan fingerprint density at radius 2 is 2.12 bits per heavy atom. The van der Waals surface area contributed by atoms with E-state index in [1.165, 1.54) is 17.4 Å². The van der Waals surface area contributed by atoms with Crippen molar-refractivity contribution in [1.29, 1.82) is 0 Å². The number of nitrogens with one attached hydrogen (secondary N) is 1. The lowest BCUT2D eigenvalue weighted by Crippen LogP contribution is -2.00. The van der Waals surface area contributed by atoms with Crippen molar-refractivity contribution in [2.45, 2.75) is 26.2 Å². The van der Waals surface area contributed by atoms with Crippen LogP contribution in [0.2, 0.25) is 0 Å². The number of hydrogen-bond acceptors (Lipinski definition) is 6. The number of halogens is 1. The van der Waals surface area contributed by atoms with Crippen molar-refractivity contribution in [3.05, 3.63) is 47.7 Å². The quantitative estimate of drug-likeness (QED) is 0.529. The van der Waals surface area contributed by atoms with Gasteiger partial charge in [0, 0.05) is 28.9 Å². The summed E-state index contributed by atoms with van der Waals surface area (Å²) in [6.45, 7) is 2.65. The predicted octanol–water partition coefficient (Wildman–Crippen LogP) is 5.24. The average molecular weight is 372 g/mol. The van der Waals surface area contributed by atoms with Crippen molar-refractivity contribution >= 4 is 28.0 Å². The molecule has 136 valence electrons. The molecule has 2 aromatic heterocycles. The number of aromatic nitrogens is 2. The number of anilines is 3. The summed E-state index contributed by atoms with van der Waals surface area (Å²) < 4.78 is 19.7. The van der Waals surface area contributed by atoms with E-state index in [0.717, 1.165) is 30.5 Å². The zero-order chi connectivity index (χ0) is 18.4. The van der Waals surface area contributed by atoms with Crippen LogP contribution in [0.15, 0.2) is 41.9 Å². The van der Waals surface area contributed by atoms with Crippen molar-refractivity contribution in [3.63, 3.8) is 0 Å². The lowest BCUT2D eigenvalue weighted by Gasteiger charge is -2.09. The first kappa shape index (κ1) is 18.1. The maximum absolute atomic E-state index is 14.2. The van der Waals surface area contributed by atoms with Gasteiger partial charge in [0.15, 0.2) is 16.7 Å². The number of nitrogens with zero attached hydrogens (tertiary/aromatic N) is 2. The number of nitrogens with two attached hydrogens (primary N) is 1. The van der Waals surface area contributed by atoms with E-state index in [0.29, 0.717) is 23.2 Å². The first-order valence-electron chi connectivity index (χ1n) is 8.52. The molecule has 0 amide bonds. The summed E-state index contributed by atoms with van der Waals surface area (Å²) in [5, 5.41) is 5.70. The number of pyridine rings is 1. The van der Waals surface area contributed by atoms with Gasteiger partial charge in [-0.1, -0.05) is 19.8 Å². The van der Waals surface area contributed by atoms with Crippen LogP contribution in [0.25, 0.3) is 11.3 Å². The molecule has 2 heterocycles. The van der Waals surface area contributed by atoms with Gasteiger partial charge in [-0.25, -0.2) is 14.4 Å². The van der Waals surface area contributed by atoms with Crippen LogP contribution in [0.1, 0.15) is 26.2 Å². The standard InChI is InChI=1S/C19H21FN4OS/c1-2-3-4-9-25-17-7-6-14(10-15(17)20)23-19-24-16(12-26-19)13-5-8-18(21)22-11-13/h5-8,10-12H,2-4,9H2,1H3,(H2,21,22)(H,23,24). The Kier molecular flexibility index (Phi) is 6.01. The minimum absolute atomic E-state index is 0.277. The Morgan fingerprint density at radius 3 is 2.85 bits per heavy atom. The molecule has 7 heteroatoms. The predicted molar refractivity (Wildman–Crippen MR) is 104 cm³/mol. The van der Waals surface area contributed by atoms with Gasteiger partial charge >= 0.3 is 0 Å². The van der Waals surface area contributed by atoms with E-state index in [1.807, 2.05) is 11.4 Å². The molecular weight excluding hydrogens is 351 g/mol. The van der Waals surface area contributed by atoms with E-state index in [4.69, 9.17) is 10.5 Å². The third-order valence-corrected chi connectivity index (χ3v) is 4.53. The van der Waals surface area contributed by atoms with Gasteiger partial charge in [0.2, 0.25) is 0 Å². The molecule has 0 aliphatic heterocycles. The molecule has 26 heavy (non-hydrogen) atoms. The third kappa shape index (κ3) is 4.70. The highest BCUT2D eigenvalue weighted by Crippen LogP contribution is 2.29. The highest BCUT2D eigenvalue weighted by atomic mass is 32.1. The molecule has 0 aliphatic carbocycles. The maximum atomic E-state index is 14.2. The third-order valence-electron chi connectivity index (χ3n) is 3.77. The minimum atomic E-state index is -0.383. The molecule has 3 rings (SSSR count). The van der Waals surface area contributed by atoms with Crippen LogP contribution in [0.4, 0.5) is 21.0 Å². The van der Waals surface area contributed by atoms with Gasteiger partial charge in [0.25, 0.3) is 0 Å². The van der Waals surface area contributed by atoms with E-state index in [2.05, 4.69) is 22.2 Å². The Morgan fingerprint density at radius 1 is 1.23 bits per heavy atom. The average Bonchev–Trinajstić information content (AvgIpc) is 3.09. The van der Waals surface area contributed by atoms with Crippen molar-refractivity contribution in [3.8, 4) is 17.0 Å². The first-order chi connectivity index (χ1) is 12.7. The van der Waals surface area contributed by atoms with E-state index < -0.39 is 0 Å². The van der Waals surface area contributed by atoms with Crippen LogP contribution >= 0.6 is 11.3 Å². The number of rotatable bonds is 8. The molecule has 0 bridgehead atoms. The molecule has 3 N–H and O–H groups in total. The van der Waals surface area contributed by atoms with Crippen molar-refractivity contribution in [2.24, 2.45) is 0 Å². The van der Waals surface area contributed by atoms with Crippen LogP contribution < -0.4 is 15.8 Å². The first-order valence-corrected chi connectivity index (χ1v) is 9.40. The molecule has 0 atom stereocenters. The largest absolute Gasteiger partial charge is 0.491 e. The molecule has 1 aromatic carbocycles. The van der Waals surface area contributed by atoms with Crippen LogP contribution in [-0.4, -0.2) is 16.6 Å². The molecule has 3 aromatic rings. The smallest absolute Gasteiger partial charge is 0.187 e. The molecular formula is C19H21FN4OS. The number of unbranched alkanes of at least 4 members (excludes halogenated alkanes) is 2. The topological polar surface area (TPSA) is 73.1 Å². The van der Waals surface area contributed by atoms with E-state index in [1.54, 1.807) is 24.4 Å². The number of thiazole rings is 1. The SMILES string of the molecule is CCCCCOc1ccc(Nc2nc(-c3ccc(N)nc3)cs2)cc1F. The Bertz CT molecular complexity index is 851. The van der Waals surface area contributed by atoms with Crippen LogP contribution in [0.5, 0.6) is 5.75 Å². The van der Waals surface area contributed by atoms with Gasteiger partial charge in [0.1, 0.15) is 5.82 Å². The summed E-state index contributed by atoms with van der Waals surface area (Å²) in [6.07, 6.45) is 4.80. The maximum Gasteiger partial charge on any atom is 0.187 e. The molecule has 5 nitrogen and oxygen atoms in total. The lowest BCUT2D eigenvalue weighted by atomic mass is 10.2. The molecule has 0 unspecified atom stereocenters. The Hall–Kier alpha value is -2.67. The number of hydrogen-bond donors (Lipinski definition) is 2. The van der Waals surface area contributed by atoms with Crippen LogP contribution in [0.3, 0.4) is 0 Å². The van der Waals surface area contributed by atoms with Gasteiger partial charge in [-0.2, -0.15) is 0 Å². The molecule has 0 fully saturated rings. The second-order valence-corrected chi connectivity index (χ2v) is 6.69. The van der Waals surface area contributed by atoms with Crippen molar-refractivity contribution in [2.75, 3.05) is 17.7 Å². The van der Waals surface area contributed by atoms with Gasteiger partial charge in [-0.15, -0.1) is 11.3 Å². The van der Waals surface area contributed by atoms with E-state index in [9.17, 15) is 4.39 Å². The Labute approximate surface area is 156 Å². The zero-order valence-electron chi connectivity index (χ0n) is 14.5. The van der Waals surface area contributed by atoms with Gasteiger partial charge in [-0.3, -0.25) is 0 Å². The molecule has 0 spiro atoms. The minimum Gasteiger partial charge on any atom is -0.491 e. The fraction of sp³-hybridized carbons (Fsp3) is 0.263. The van der Waals surface area contributed by atoms with Gasteiger partial charge < -0.3 is 15.8 Å². The van der Waals surface area contributed by atoms with Crippen molar-refractivity contribution in [1.82, 2.24) is 9.97 Å². The summed E-state index contributed by atoms with van der Waals surface area (Å²) in [7, 11) is 0. The zero-order valence-corrected chi connectivity index (χ0v) is 15.4. The fourth-order valence-electron chi connectivity index (χ4n) is 2.37. The number of nitrogen functional groups attached to an aromatic ring is 1. The van der Waals surface area contributed by atoms with Crippen LogP contribution in [0, 0.1) is 5.82 Å². The molecule has 0 saturated heterocycles. The fourth-order valence-corrected chi connectivity index (χ4v) is 3.11. The second-order valence-electron chi connectivity index (χ2n) is 5.84. The van der Waals surface area contributed by atoms with Crippen LogP contribution in [-0.2, 0) is 0 Å². The monoisotopic (exact) mass is 372 g/mol. The molecule has 0 radical (unpaired) electrons. The number of ether oxygens (including phenoxy) is 1. The summed E-state index contributed by atoms with van der Waals surface area (Å²) in [5.74, 6) is 0.361. The highest BCUT2D eigenvalue weighted by molar-refractivity contribution is 7.14.